The van der Waals surface area contributed by atoms with Crippen LogP contribution >= 0.6 is 23.2 Å². The van der Waals surface area contributed by atoms with Crippen LogP contribution in [-0.2, 0) is 26.2 Å². The van der Waals surface area contributed by atoms with E-state index in [2.05, 4.69) is 5.32 Å². The average Bonchev–Trinajstić information content (AvgIpc) is 3.00. The van der Waals surface area contributed by atoms with Gasteiger partial charge in [0.2, 0.25) is 11.8 Å². The van der Waals surface area contributed by atoms with Crippen molar-refractivity contribution in [2.24, 2.45) is 0 Å². The highest BCUT2D eigenvalue weighted by Crippen LogP contribution is 2.31. The molecule has 11 heteroatoms. The second-order valence-corrected chi connectivity index (χ2v) is 10.4. The maximum atomic E-state index is 13.5. The fraction of sp³-hybridized carbons (Fsp3) is 0.348. The molecule has 3 rings (SSSR count). The maximum absolute atomic E-state index is 13.5. The molecular weight excluding hydrogens is 501 g/mol. The zero-order chi connectivity index (χ0) is 25.0. The number of rotatable bonds is 9. The zero-order valence-electron chi connectivity index (χ0n) is 18.8. The second-order valence-electron chi connectivity index (χ2n) is 7.75. The minimum Gasteiger partial charge on any atom is -0.354 e. The van der Waals surface area contributed by atoms with Crippen LogP contribution in [0.3, 0.4) is 0 Å². The molecule has 1 heterocycles. The Morgan fingerprint density at radius 1 is 1.06 bits per heavy atom. The van der Waals surface area contributed by atoms with Crippen molar-refractivity contribution in [2.75, 3.05) is 13.1 Å². The third-order valence-corrected chi connectivity index (χ3v) is 8.01. The summed E-state index contributed by atoms with van der Waals surface area (Å²) in [5.74, 6) is -1.90. The molecule has 1 atom stereocenters. The molecule has 1 aliphatic rings. The van der Waals surface area contributed by atoms with Gasteiger partial charge >= 0.3 is 0 Å². The van der Waals surface area contributed by atoms with Crippen molar-refractivity contribution < 1.29 is 22.8 Å². The molecule has 0 bridgehead atoms. The Kier molecular flexibility index (Phi) is 8.22. The first-order valence-electron chi connectivity index (χ1n) is 10.8. The van der Waals surface area contributed by atoms with Crippen molar-refractivity contribution in [3.8, 4) is 0 Å². The molecule has 34 heavy (non-hydrogen) atoms. The summed E-state index contributed by atoms with van der Waals surface area (Å²) in [7, 11) is -4.20. The third-order valence-electron chi connectivity index (χ3n) is 5.52. The zero-order valence-corrected chi connectivity index (χ0v) is 21.1. The molecule has 1 aliphatic heterocycles. The molecule has 0 radical (unpaired) electrons. The van der Waals surface area contributed by atoms with Gasteiger partial charge in [-0.1, -0.05) is 55.2 Å². The Bertz CT molecular complexity index is 1200. The van der Waals surface area contributed by atoms with Crippen molar-refractivity contribution in [1.82, 2.24) is 14.5 Å². The highest BCUT2D eigenvalue weighted by atomic mass is 35.5. The van der Waals surface area contributed by atoms with Crippen LogP contribution in [0.1, 0.15) is 42.6 Å². The van der Waals surface area contributed by atoms with E-state index in [0.717, 1.165) is 0 Å². The standard InChI is InChI=1S/C23H25Cl2N3O5S/c1-3-12-26-22(30)19(4-2)27(13-16-17(24)9-7-10-18(16)25)21(29)14-28-23(31)15-8-5-6-11-20(15)34(28,32)33/h5-11,19H,3-4,12-14H2,1-2H3,(H,26,30)/t19-/m0/s1. The highest BCUT2D eigenvalue weighted by molar-refractivity contribution is 7.90. The summed E-state index contributed by atoms with van der Waals surface area (Å²) in [6.07, 6.45) is 0.954. The molecule has 0 unspecified atom stereocenters. The van der Waals surface area contributed by atoms with Gasteiger partial charge in [0.1, 0.15) is 17.5 Å². The summed E-state index contributed by atoms with van der Waals surface area (Å²) >= 11 is 12.6. The molecule has 0 saturated heterocycles. The molecule has 0 saturated carbocycles. The van der Waals surface area contributed by atoms with Gasteiger partial charge in [-0.25, -0.2) is 12.7 Å². The number of hydrogen-bond donors (Lipinski definition) is 1. The van der Waals surface area contributed by atoms with E-state index < -0.39 is 34.4 Å². The summed E-state index contributed by atoms with van der Waals surface area (Å²) in [4.78, 5) is 40.2. The normalized spacial score (nSPS) is 15.1. The van der Waals surface area contributed by atoms with Crippen LogP contribution in [0.5, 0.6) is 0 Å². The summed E-state index contributed by atoms with van der Waals surface area (Å²) < 4.78 is 26.4. The first-order chi connectivity index (χ1) is 16.1. The van der Waals surface area contributed by atoms with Gasteiger partial charge in [0, 0.05) is 28.7 Å². The van der Waals surface area contributed by atoms with Gasteiger partial charge in [-0.15, -0.1) is 0 Å². The van der Waals surface area contributed by atoms with E-state index in [1.807, 2.05) is 6.92 Å². The van der Waals surface area contributed by atoms with Crippen LogP contribution in [0.25, 0.3) is 0 Å². The van der Waals surface area contributed by atoms with Crippen molar-refractivity contribution in [1.29, 1.82) is 0 Å². The molecular formula is C23H25Cl2N3O5S. The first-order valence-corrected chi connectivity index (χ1v) is 13.0. The third kappa shape index (κ3) is 5.06. The van der Waals surface area contributed by atoms with Crippen LogP contribution in [0, 0.1) is 0 Å². The van der Waals surface area contributed by atoms with E-state index in [0.29, 0.717) is 32.9 Å². The molecule has 1 N–H and O–H groups in total. The lowest BCUT2D eigenvalue weighted by Crippen LogP contribution is -2.52. The summed E-state index contributed by atoms with van der Waals surface area (Å²) in [5, 5.41) is 3.36. The van der Waals surface area contributed by atoms with Gasteiger partial charge in [-0.05, 0) is 37.1 Å². The van der Waals surface area contributed by atoms with Crippen molar-refractivity contribution in [3.05, 3.63) is 63.6 Å². The summed E-state index contributed by atoms with van der Waals surface area (Å²) in [6.45, 7) is 3.16. The monoisotopic (exact) mass is 525 g/mol. The molecule has 0 aromatic heterocycles. The van der Waals surface area contributed by atoms with Gasteiger partial charge in [0.25, 0.3) is 15.9 Å². The van der Waals surface area contributed by atoms with Crippen molar-refractivity contribution in [2.45, 2.75) is 44.2 Å². The first kappa shape index (κ1) is 26.0. The summed E-state index contributed by atoms with van der Waals surface area (Å²) in [6, 6.07) is 9.71. The fourth-order valence-electron chi connectivity index (χ4n) is 3.74. The number of halogens is 2. The number of amides is 3. The van der Waals surface area contributed by atoms with Crippen LogP contribution in [-0.4, -0.2) is 54.5 Å². The molecule has 182 valence electrons. The quantitative estimate of drug-likeness (QED) is 0.539. The molecule has 0 aliphatic carbocycles. The van der Waals surface area contributed by atoms with E-state index in [-0.39, 0.29) is 29.3 Å². The number of nitrogens with zero attached hydrogens (tertiary/aromatic N) is 2. The molecule has 0 fully saturated rings. The van der Waals surface area contributed by atoms with Crippen LogP contribution < -0.4 is 5.32 Å². The van der Waals surface area contributed by atoms with E-state index in [1.54, 1.807) is 31.2 Å². The number of benzene rings is 2. The second kappa shape index (κ2) is 10.8. The van der Waals surface area contributed by atoms with Gasteiger partial charge < -0.3 is 10.2 Å². The number of carbonyl (C=O) groups excluding carboxylic acids is 3. The summed E-state index contributed by atoms with van der Waals surface area (Å²) in [5.41, 5.74) is 0.420. The van der Waals surface area contributed by atoms with Crippen LogP contribution in [0.2, 0.25) is 10.0 Å². The largest absolute Gasteiger partial charge is 0.354 e. The van der Waals surface area contributed by atoms with E-state index in [4.69, 9.17) is 23.2 Å². The van der Waals surface area contributed by atoms with Gasteiger partial charge in [0.15, 0.2) is 0 Å². The minimum atomic E-state index is -4.20. The number of hydrogen-bond acceptors (Lipinski definition) is 5. The van der Waals surface area contributed by atoms with Gasteiger partial charge in [0.05, 0.1) is 5.56 Å². The lowest BCUT2D eigenvalue weighted by Gasteiger charge is -2.32. The fourth-order valence-corrected chi connectivity index (χ4v) is 5.78. The molecule has 0 spiro atoms. The highest BCUT2D eigenvalue weighted by Gasteiger charge is 2.43. The van der Waals surface area contributed by atoms with Crippen LogP contribution in [0.15, 0.2) is 47.4 Å². The predicted molar refractivity (Wildman–Crippen MR) is 129 cm³/mol. The average molecular weight is 526 g/mol. The van der Waals surface area contributed by atoms with Gasteiger partial charge in [-0.3, -0.25) is 14.4 Å². The molecule has 2 aromatic carbocycles. The lowest BCUT2D eigenvalue weighted by atomic mass is 10.1. The Morgan fingerprint density at radius 3 is 2.29 bits per heavy atom. The van der Waals surface area contributed by atoms with E-state index in [1.165, 1.54) is 23.1 Å². The molecule has 3 amide bonds. The smallest absolute Gasteiger partial charge is 0.269 e. The van der Waals surface area contributed by atoms with E-state index >= 15 is 0 Å². The van der Waals surface area contributed by atoms with Crippen LogP contribution in [0.4, 0.5) is 0 Å². The maximum Gasteiger partial charge on any atom is 0.269 e. The number of fused-ring (bicyclic) bond motifs is 1. The van der Waals surface area contributed by atoms with Crippen molar-refractivity contribution in [3.63, 3.8) is 0 Å². The lowest BCUT2D eigenvalue weighted by molar-refractivity contribution is -0.141. The Morgan fingerprint density at radius 2 is 1.71 bits per heavy atom. The minimum absolute atomic E-state index is 0.00345. The van der Waals surface area contributed by atoms with Gasteiger partial charge in [-0.2, -0.15) is 0 Å². The molecule has 2 aromatic rings. The SMILES string of the molecule is CCCNC(=O)[C@H](CC)N(Cc1c(Cl)cccc1Cl)C(=O)CN1C(=O)c2ccccc2S1(=O)=O. The number of carbonyl (C=O) groups is 3. The molecule has 8 nitrogen and oxygen atoms in total. The Hall–Kier alpha value is -2.62. The Balaban J connectivity index is 1.96. The van der Waals surface area contributed by atoms with E-state index in [9.17, 15) is 22.8 Å². The number of nitrogens with one attached hydrogen (secondary N) is 1. The number of sulfonamides is 1. The predicted octanol–water partition coefficient (Wildman–Crippen LogP) is 3.47. The Labute approximate surface area is 208 Å². The van der Waals surface area contributed by atoms with Crippen molar-refractivity contribution >= 4 is 50.9 Å². The topological polar surface area (TPSA) is 104 Å².